The first-order valence-corrected chi connectivity index (χ1v) is 16.6. The van der Waals surface area contributed by atoms with Crippen molar-refractivity contribution in [2.45, 2.75) is 37.8 Å². The first kappa shape index (κ1) is 27.9. The molecule has 2 aromatic heterocycles. The van der Waals surface area contributed by atoms with Gasteiger partial charge in [-0.05, 0) is 86.5 Å². The molecule has 1 aliphatic rings. The molecule has 210 valence electrons. The van der Waals surface area contributed by atoms with Gasteiger partial charge in [0.1, 0.15) is 10.0 Å². The Hall–Kier alpha value is -3.28. The molecule has 3 heterocycles. The fourth-order valence-corrected chi connectivity index (χ4v) is 8.41. The number of sulfonamides is 1. The Balaban J connectivity index is 1.27. The van der Waals surface area contributed by atoms with Gasteiger partial charge < -0.3 is 5.32 Å². The van der Waals surface area contributed by atoms with Crippen LogP contribution in [0.5, 0.6) is 0 Å². The second kappa shape index (κ2) is 11.2. The van der Waals surface area contributed by atoms with E-state index in [1.807, 2.05) is 18.2 Å². The van der Waals surface area contributed by atoms with Crippen molar-refractivity contribution in [3.8, 4) is 10.6 Å². The number of para-hydroxylation sites is 1. The zero-order valence-corrected chi connectivity index (χ0v) is 25.6. The number of rotatable bonds is 7. The van der Waals surface area contributed by atoms with Crippen LogP contribution in [0.15, 0.2) is 77.7 Å². The summed E-state index contributed by atoms with van der Waals surface area (Å²) in [4.78, 5) is 22.1. The highest BCUT2D eigenvalue weighted by molar-refractivity contribution is 7.92. The molecule has 0 bridgehead atoms. The van der Waals surface area contributed by atoms with E-state index >= 15 is 0 Å². The van der Waals surface area contributed by atoms with Crippen LogP contribution in [0.25, 0.3) is 20.8 Å². The number of carbonyl (C=O) groups excluding carboxylic acids is 1. The average molecular weight is 623 g/mol. The number of nitrogens with one attached hydrogen (secondary N) is 2. The lowest BCUT2D eigenvalue weighted by atomic mass is 10.0. The summed E-state index contributed by atoms with van der Waals surface area (Å²) < 4.78 is 29.1. The maximum absolute atomic E-state index is 13.4. The summed E-state index contributed by atoms with van der Waals surface area (Å²) in [7, 11) is -3.79. The van der Waals surface area contributed by atoms with Gasteiger partial charge in [0.25, 0.3) is 15.9 Å². The van der Waals surface area contributed by atoms with Gasteiger partial charge in [-0.1, -0.05) is 23.7 Å². The average Bonchev–Trinajstić information content (AvgIpc) is 3.53. The number of thiophene rings is 1. The summed E-state index contributed by atoms with van der Waals surface area (Å²) in [5, 5.41) is 5.30. The minimum Gasteiger partial charge on any atom is -0.313 e. The van der Waals surface area contributed by atoms with Crippen molar-refractivity contribution >= 4 is 71.1 Å². The molecule has 0 spiro atoms. The van der Waals surface area contributed by atoms with Crippen LogP contribution in [0.1, 0.15) is 34.6 Å². The fraction of sp³-hybridized carbons (Fsp3) is 0.200. The van der Waals surface area contributed by atoms with Crippen LogP contribution in [-0.2, 0) is 23.0 Å². The number of benzene rings is 3. The summed E-state index contributed by atoms with van der Waals surface area (Å²) in [6, 6.07) is 20.8. The molecule has 5 aromatic rings. The number of fused-ring (bicyclic) bond motifs is 2. The second-order valence-corrected chi connectivity index (χ2v) is 14.4. The van der Waals surface area contributed by atoms with E-state index in [1.54, 1.807) is 46.9 Å². The van der Waals surface area contributed by atoms with Gasteiger partial charge in [0.2, 0.25) is 0 Å². The quantitative estimate of drug-likeness (QED) is 0.196. The standard InChI is InChI=1S/C30H27ClN4O3S3/c1-18(2)35-16-15-23-26(17-35)40-30(27(23)29-32-24-5-3-4-6-25(24)39-29)33-28(36)19-7-11-21(12-8-19)34-41(37,38)22-13-9-20(31)10-14-22/h3-14,18,34H,15-17H2,1-2H3,(H,33,36). The molecule has 3 aromatic carbocycles. The molecule has 7 nitrogen and oxygen atoms in total. The van der Waals surface area contributed by atoms with Gasteiger partial charge in [0.15, 0.2) is 0 Å². The van der Waals surface area contributed by atoms with Crippen molar-refractivity contribution < 1.29 is 13.2 Å². The molecule has 0 saturated carbocycles. The molecule has 41 heavy (non-hydrogen) atoms. The van der Waals surface area contributed by atoms with Crippen LogP contribution < -0.4 is 10.0 Å². The highest BCUT2D eigenvalue weighted by Gasteiger charge is 2.28. The summed E-state index contributed by atoms with van der Waals surface area (Å²) >= 11 is 9.13. The monoisotopic (exact) mass is 622 g/mol. The smallest absolute Gasteiger partial charge is 0.261 e. The number of aromatic nitrogens is 1. The summed E-state index contributed by atoms with van der Waals surface area (Å²) in [6.45, 7) is 6.21. The minimum atomic E-state index is -3.79. The number of anilines is 2. The third kappa shape index (κ3) is 5.75. The van der Waals surface area contributed by atoms with E-state index in [9.17, 15) is 13.2 Å². The van der Waals surface area contributed by atoms with E-state index in [2.05, 4.69) is 34.9 Å². The van der Waals surface area contributed by atoms with E-state index in [-0.39, 0.29) is 10.8 Å². The molecule has 1 amide bonds. The molecule has 0 atom stereocenters. The lowest BCUT2D eigenvalue weighted by Gasteiger charge is -2.30. The summed E-state index contributed by atoms with van der Waals surface area (Å²) in [5.41, 5.74) is 3.99. The minimum absolute atomic E-state index is 0.101. The van der Waals surface area contributed by atoms with Crippen molar-refractivity contribution in [3.05, 3.63) is 93.8 Å². The number of thiazole rings is 1. The Labute approximate surface area is 251 Å². The van der Waals surface area contributed by atoms with Gasteiger partial charge in [-0.15, -0.1) is 22.7 Å². The van der Waals surface area contributed by atoms with Gasteiger partial charge in [0.05, 0.1) is 15.1 Å². The number of halogens is 1. The van der Waals surface area contributed by atoms with Crippen LogP contribution in [-0.4, -0.2) is 36.8 Å². The normalized spacial score (nSPS) is 13.9. The molecule has 6 rings (SSSR count). The van der Waals surface area contributed by atoms with Crippen LogP contribution >= 0.6 is 34.3 Å². The van der Waals surface area contributed by atoms with Crippen molar-refractivity contribution in [1.82, 2.24) is 9.88 Å². The molecule has 0 fully saturated rings. The van der Waals surface area contributed by atoms with Gasteiger partial charge in [0, 0.05) is 45.8 Å². The number of nitrogens with zero attached hydrogens (tertiary/aromatic N) is 2. The Morgan fingerprint density at radius 3 is 2.44 bits per heavy atom. The number of hydrogen-bond acceptors (Lipinski definition) is 7. The third-order valence-corrected chi connectivity index (χ3v) is 10.9. The highest BCUT2D eigenvalue weighted by atomic mass is 35.5. The van der Waals surface area contributed by atoms with Gasteiger partial charge >= 0.3 is 0 Å². The maximum atomic E-state index is 13.4. The van der Waals surface area contributed by atoms with Crippen molar-refractivity contribution in [2.75, 3.05) is 16.6 Å². The molecule has 1 aliphatic heterocycles. The zero-order chi connectivity index (χ0) is 28.7. The zero-order valence-electron chi connectivity index (χ0n) is 22.3. The maximum Gasteiger partial charge on any atom is 0.261 e. The van der Waals surface area contributed by atoms with E-state index in [0.717, 1.165) is 45.3 Å². The molecular weight excluding hydrogens is 596 g/mol. The number of hydrogen-bond donors (Lipinski definition) is 2. The van der Waals surface area contributed by atoms with Crippen molar-refractivity contribution in [2.24, 2.45) is 0 Å². The molecule has 0 radical (unpaired) electrons. The predicted molar refractivity (Wildman–Crippen MR) is 169 cm³/mol. The first-order valence-electron chi connectivity index (χ1n) is 13.1. The Bertz CT molecular complexity index is 1810. The SMILES string of the molecule is CC(C)N1CCc2c(sc(NC(=O)c3ccc(NS(=O)(=O)c4ccc(Cl)cc4)cc3)c2-c2nc3ccccc3s2)C1. The topological polar surface area (TPSA) is 91.4 Å². The van der Waals surface area contributed by atoms with E-state index in [4.69, 9.17) is 16.6 Å². The Morgan fingerprint density at radius 2 is 1.73 bits per heavy atom. The van der Waals surface area contributed by atoms with Crippen molar-refractivity contribution in [3.63, 3.8) is 0 Å². The summed E-state index contributed by atoms with van der Waals surface area (Å²) in [6.07, 6.45) is 0.896. The largest absolute Gasteiger partial charge is 0.313 e. The van der Waals surface area contributed by atoms with E-state index in [1.165, 1.54) is 34.7 Å². The van der Waals surface area contributed by atoms with Crippen LogP contribution in [0.3, 0.4) is 0 Å². The molecule has 2 N–H and O–H groups in total. The van der Waals surface area contributed by atoms with E-state index < -0.39 is 10.0 Å². The summed E-state index contributed by atoms with van der Waals surface area (Å²) in [5.74, 6) is -0.265. The second-order valence-electron chi connectivity index (χ2n) is 10.1. The van der Waals surface area contributed by atoms with Gasteiger partial charge in [-0.2, -0.15) is 0 Å². The third-order valence-electron chi connectivity index (χ3n) is 7.07. The predicted octanol–water partition coefficient (Wildman–Crippen LogP) is 7.50. The Morgan fingerprint density at radius 1 is 1.00 bits per heavy atom. The van der Waals surface area contributed by atoms with Gasteiger partial charge in [-0.25, -0.2) is 13.4 Å². The Kier molecular flexibility index (Phi) is 7.60. The van der Waals surface area contributed by atoms with Crippen LogP contribution in [0.2, 0.25) is 5.02 Å². The molecule has 0 saturated heterocycles. The molecule has 11 heteroatoms. The highest BCUT2D eigenvalue weighted by Crippen LogP contribution is 2.46. The van der Waals surface area contributed by atoms with Crippen LogP contribution in [0.4, 0.5) is 10.7 Å². The van der Waals surface area contributed by atoms with Crippen molar-refractivity contribution in [1.29, 1.82) is 0 Å². The lowest BCUT2D eigenvalue weighted by molar-refractivity contribution is 0.102. The molecule has 0 unspecified atom stereocenters. The first-order chi connectivity index (χ1) is 19.7. The molecular formula is C30H27ClN4O3S3. The van der Waals surface area contributed by atoms with E-state index in [0.29, 0.717) is 22.3 Å². The fourth-order valence-electron chi connectivity index (χ4n) is 4.85. The number of amides is 1. The van der Waals surface area contributed by atoms with Crippen LogP contribution in [0, 0.1) is 0 Å². The lowest BCUT2D eigenvalue weighted by Crippen LogP contribution is -2.35. The van der Waals surface area contributed by atoms with Gasteiger partial charge in [-0.3, -0.25) is 14.4 Å². The molecule has 0 aliphatic carbocycles. The number of carbonyl (C=O) groups is 1.